The Hall–Kier alpha value is -2.05. The molecule has 1 amide bonds. The third kappa shape index (κ3) is 4.46. The van der Waals surface area contributed by atoms with Crippen LogP contribution in [0.1, 0.15) is 13.8 Å². The molecular formula is C16H20ClN3O3. The van der Waals surface area contributed by atoms with Gasteiger partial charge < -0.3 is 14.8 Å². The van der Waals surface area contributed by atoms with Gasteiger partial charge in [-0.1, -0.05) is 17.7 Å². The Labute approximate surface area is 140 Å². The maximum Gasteiger partial charge on any atom is 0.251 e. The summed E-state index contributed by atoms with van der Waals surface area (Å²) in [5, 5.41) is 7.46. The SMILES string of the molecule is COCCOc1cccc(NC(=O)C(C)(C)n2cc(Cl)cn2)c1. The van der Waals surface area contributed by atoms with Gasteiger partial charge in [-0.2, -0.15) is 5.10 Å². The highest BCUT2D eigenvalue weighted by Gasteiger charge is 2.30. The Morgan fingerprint density at radius 2 is 2.17 bits per heavy atom. The zero-order chi connectivity index (χ0) is 16.9. The van der Waals surface area contributed by atoms with Gasteiger partial charge in [0.15, 0.2) is 0 Å². The van der Waals surface area contributed by atoms with Crippen LogP contribution in [0.15, 0.2) is 36.7 Å². The van der Waals surface area contributed by atoms with Crippen LogP contribution in [0.2, 0.25) is 5.02 Å². The van der Waals surface area contributed by atoms with E-state index < -0.39 is 5.54 Å². The molecule has 7 heteroatoms. The lowest BCUT2D eigenvalue weighted by molar-refractivity contribution is -0.123. The molecule has 0 atom stereocenters. The van der Waals surface area contributed by atoms with Gasteiger partial charge in [-0.05, 0) is 26.0 Å². The highest BCUT2D eigenvalue weighted by atomic mass is 35.5. The first-order valence-electron chi connectivity index (χ1n) is 7.17. The molecule has 0 aliphatic heterocycles. The smallest absolute Gasteiger partial charge is 0.251 e. The molecule has 0 unspecified atom stereocenters. The van der Waals surface area contributed by atoms with Crippen LogP contribution in [-0.4, -0.2) is 36.0 Å². The zero-order valence-electron chi connectivity index (χ0n) is 13.4. The van der Waals surface area contributed by atoms with Crippen LogP contribution < -0.4 is 10.1 Å². The lowest BCUT2D eigenvalue weighted by atomic mass is 10.0. The van der Waals surface area contributed by atoms with Crippen molar-refractivity contribution < 1.29 is 14.3 Å². The van der Waals surface area contributed by atoms with Crippen LogP contribution in [0.4, 0.5) is 5.69 Å². The lowest BCUT2D eigenvalue weighted by Gasteiger charge is -2.24. The number of anilines is 1. The molecule has 23 heavy (non-hydrogen) atoms. The minimum absolute atomic E-state index is 0.202. The first-order chi connectivity index (χ1) is 10.9. The molecule has 0 saturated heterocycles. The van der Waals surface area contributed by atoms with Gasteiger partial charge in [0, 0.05) is 25.1 Å². The highest BCUT2D eigenvalue weighted by Crippen LogP contribution is 2.22. The van der Waals surface area contributed by atoms with Crippen molar-refractivity contribution >= 4 is 23.2 Å². The molecule has 6 nitrogen and oxygen atoms in total. The van der Waals surface area contributed by atoms with Gasteiger partial charge in [0.05, 0.1) is 17.8 Å². The molecule has 124 valence electrons. The summed E-state index contributed by atoms with van der Waals surface area (Å²) >= 11 is 5.87. The second-order valence-corrected chi connectivity index (χ2v) is 5.92. The zero-order valence-corrected chi connectivity index (χ0v) is 14.1. The van der Waals surface area contributed by atoms with Gasteiger partial charge in [-0.3, -0.25) is 9.48 Å². The molecule has 1 heterocycles. The number of nitrogens with zero attached hydrogens (tertiary/aromatic N) is 2. The number of rotatable bonds is 7. The normalized spacial score (nSPS) is 11.3. The fourth-order valence-electron chi connectivity index (χ4n) is 1.90. The van der Waals surface area contributed by atoms with Crippen molar-refractivity contribution in [2.24, 2.45) is 0 Å². The lowest BCUT2D eigenvalue weighted by Crippen LogP contribution is -2.40. The largest absolute Gasteiger partial charge is 0.491 e. The number of aromatic nitrogens is 2. The second kappa shape index (κ2) is 7.48. The van der Waals surface area contributed by atoms with E-state index in [1.54, 1.807) is 39.3 Å². The minimum Gasteiger partial charge on any atom is -0.491 e. The van der Waals surface area contributed by atoms with Gasteiger partial charge in [-0.25, -0.2) is 0 Å². The Morgan fingerprint density at radius 1 is 1.39 bits per heavy atom. The van der Waals surface area contributed by atoms with Crippen LogP contribution in [0.25, 0.3) is 0 Å². The Bertz CT molecular complexity index is 670. The topological polar surface area (TPSA) is 65.4 Å². The molecule has 2 rings (SSSR count). The Balaban J connectivity index is 2.06. The first-order valence-corrected chi connectivity index (χ1v) is 7.55. The molecule has 1 aromatic heterocycles. The summed E-state index contributed by atoms with van der Waals surface area (Å²) < 4.78 is 12.0. The van der Waals surface area contributed by atoms with Gasteiger partial charge in [0.1, 0.15) is 17.9 Å². The molecule has 0 radical (unpaired) electrons. The van der Waals surface area contributed by atoms with E-state index in [0.717, 1.165) is 0 Å². The van der Waals surface area contributed by atoms with Crippen molar-refractivity contribution in [3.8, 4) is 5.75 Å². The third-order valence-electron chi connectivity index (χ3n) is 3.33. The monoisotopic (exact) mass is 337 g/mol. The number of methoxy groups -OCH3 is 1. The van der Waals surface area contributed by atoms with Crippen molar-refractivity contribution in [3.05, 3.63) is 41.7 Å². The summed E-state index contributed by atoms with van der Waals surface area (Å²) in [5.41, 5.74) is -0.226. The van der Waals surface area contributed by atoms with E-state index in [1.165, 1.54) is 10.9 Å². The van der Waals surface area contributed by atoms with E-state index in [2.05, 4.69) is 10.4 Å². The number of ether oxygens (including phenoxy) is 2. The molecule has 0 fully saturated rings. The summed E-state index contributed by atoms with van der Waals surface area (Å²) in [6, 6.07) is 7.20. The number of hydrogen-bond acceptors (Lipinski definition) is 4. The van der Waals surface area contributed by atoms with E-state index in [0.29, 0.717) is 29.7 Å². The predicted molar refractivity (Wildman–Crippen MR) is 89.0 cm³/mol. The van der Waals surface area contributed by atoms with E-state index in [9.17, 15) is 4.79 Å². The van der Waals surface area contributed by atoms with Gasteiger partial charge in [-0.15, -0.1) is 0 Å². The van der Waals surface area contributed by atoms with Crippen LogP contribution in [-0.2, 0) is 15.1 Å². The number of halogens is 1. The number of benzene rings is 1. The molecule has 0 saturated carbocycles. The molecule has 2 aromatic rings. The van der Waals surface area contributed by atoms with Gasteiger partial charge in [0.2, 0.25) is 0 Å². The average molecular weight is 338 g/mol. The van der Waals surface area contributed by atoms with Crippen LogP contribution in [0, 0.1) is 0 Å². The standard InChI is InChI=1S/C16H20ClN3O3/c1-16(2,20-11-12(17)10-18-20)15(21)19-13-5-4-6-14(9-13)23-8-7-22-3/h4-6,9-11H,7-8H2,1-3H3,(H,19,21). The third-order valence-corrected chi connectivity index (χ3v) is 3.52. The van der Waals surface area contributed by atoms with Crippen LogP contribution >= 0.6 is 11.6 Å². The maximum absolute atomic E-state index is 12.5. The molecule has 0 aliphatic rings. The van der Waals surface area contributed by atoms with Crippen molar-refractivity contribution in [3.63, 3.8) is 0 Å². The molecular weight excluding hydrogens is 318 g/mol. The highest BCUT2D eigenvalue weighted by molar-refractivity contribution is 6.30. The first kappa shape index (κ1) is 17.3. The number of carbonyl (C=O) groups is 1. The summed E-state index contributed by atoms with van der Waals surface area (Å²) in [7, 11) is 1.61. The van der Waals surface area contributed by atoms with E-state index in [-0.39, 0.29) is 5.91 Å². The quantitative estimate of drug-likeness (QED) is 0.789. The second-order valence-electron chi connectivity index (χ2n) is 5.49. The number of carbonyl (C=O) groups excluding carboxylic acids is 1. The molecule has 1 N–H and O–H groups in total. The Kier molecular flexibility index (Phi) is 5.63. The van der Waals surface area contributed by atoms with E-state index in [4.69, 9.17) is 21.1 Å². The molecule has 0 spiro atoms. The van der Waals surface area contributed by atoms with Crippen molar-refractivity contribution in [1.82, 2.24) is 9.78 Å². The van der Waals surface area contributed by atoms with E-state index >= 15 is 0 Å². The number of nitrogens with one attached hydrogen (secondary N) is 1. The number of amides is 1. The Morgan fingerprint density at radius 3 is 2.83 bits per heavy atom. The molecule has 0 aliphatic carbocycles. The summed E-state index contributed by atoms with van der Waals surface area (Å²) in [4.78, 5) is 12.5. The van der Waals surface area contributed by atoms with Gasteiger partial charge in [0.25, 0.3) is 5.91 Å². The van der Waals surface area contributed by atoms with Crippen LogP contribution in [0.5, 0.6) is 5.75 Å². The van der Waals surface area contributed by atoms with E-state index in [1.807, 2.05) is 12.1 Å². The summed E-state index contributed by atoms with van der Waals surface area (Å²) in [5.74, 6) is 0.464. The summed E-state index contributed by atoms with van der Waals surface area (Å²) in [6.45, 7) is 4.49. The maximum atomic E-state index is 12.5. The number of hydrogen-bond donors (Lipinski definition) is 1. The van der Waals surface area contributed by atoms with Crippen molar-refractivity contribution in [2.75, 3.05) is 25.6 Å². The van der Waals surface area contributed by atoms with Crippen LogP contribution in [0.3, 0.4) is 0 Å². The fourth-order valence-corrected chi connectivity index (χ4v) is 2.04. The molecule has 1 aromatic carbocycles. The fraction of sp³-hybridized carbons (Fsp3) is 0.375. The summed E-state index contributed by atoms with van der Waals surface area (Å²) in [6.07, 6.45) is 3.12. The van der Waals surface area contributed by atoms with Gasteiger partial charge >= 0.3 is 0 Å². The minimum atomic E-state index is -0.875. The predicted octanol–water partition coefficient (Wildman–Crippen LogP) is 2.94. The molecule has 0 bridgehead atoms. The average Bonchev–Trinajstić information content (AvgIpc) is 2.95. The van der Waals surface area contributed by atoms with Crippen molar-refractivity contribution in [2.45, 2.75) is 19.4 Å². The van der Waals surface area contributed by atoms with Crippen molar-refractivity contribution in [1.29, 1.82) is 0 Å².